The van der Waals surface area contributed by atoms with Gasteiger partial charge < -0.3 is 4.74 Å². The molecule has 0 aromatic heterocycles. The van der Waals surface area contributed by atoms with Crippen LogP contribution in [0.5, 0.6) is 5.75 Å². The maximum atomic E-state index is 11.8. The third-order valence-electron chi connectivity index (χ3n) is 1.45. The summed E-state index contributed by atoms with van der Waals surface area (Å²) in [6.45, 7) is -0.00838. The number of benzene rings is 1. The summed E-state index contributed by atoms with van der Waals surface area (Å²) in [5.41, 5.74) is 8.48. The van der Waals surface area contributed by atoms with Crippen molar-refractivity contribution in [2.24, 2.45) is 5.11 Å². The third-order valence-corrected chi connectivity index (χ3v) is 1.45. The van der Waals surface area contributed by atoms with Crippen molar-refractivity contribution in [2.75, 3.05) is 0 Å². The van der Waals surface area contributed by atoms with Crippen LogP contribution in [0.2, 0.25) is 0 Å². The van der Waals surface area contributed by atoms with Crippen molar-refractivity contribution in [1.29, 1.82) is 0 Å². The Hall–Kier alpha value is -1.88. The van der Waals surface area contributed by atoms with E-state index in [0.717, 1.165) is 0 Å². The molecule has 1 rings (SSSR count). The number of hydrogen-bond acceptors (Lipinski definition) is 2. The number of alkyl halides is 3. The smallest absolute Gasteiger partial charge is 0.406 e. The van der Waals surface area contributed by atoms with Gasteiger partial charge in [0.15, 0.2) is 0 Å². The van der Waals surface area contributed by atoms with Gasteiger partial charge in [0.2, 0.25) is 0 Å². The molecule has 0 spiro atoms. The Balaban J connectivity index is 2.78. The van der Waals surface area contributed by atoms with Crippen LogP contribution in [-0.2, 0) is 6.54 Å². The number of rotatable bonds is 3. The fraction of sp³-hybridized carbons (Fsp3) is 0.250. The molecule has 0 atom stereocenters. The summed E-state index contributed by atoms with van der Waals surface area (Å²) in [6, 6.07) is 5.27. The molecule has 0 heterocycles. The molecule has 0 N–H and O–H groups in total. The van der Waals surface area contributed by atoms with Gasteiger partial charge in [-0.1, -0.05) is 17.2 Å². The largest absolute Gasteiger partial charge is 0.573 e. The van der Waals surface area contributed by atoms with Gasteiger partial charge in [-0.15, -0.1) is 13.2 Å². The number of ether oxygens (including phenoxy) is 1. The summed E-state index contributed by atoms with van der Waals surface area (Å²) in [5.74, 6) is -0.326. The monoisotopic (exact) mass is 217 g/mol. The second kappa shape index (κ2) is 4.56. The molecule has 15 heavy (non-hydrogen) atoms. The van der Waals surface area contributed by atoms with Crippen LogP contribution in [0, 0.1) is 0 Å². The molecule has 0 aliphatic heterocycles. The van der Waals surface area contributed by atoms with Crippen molar-refractivity contribution >= 4 is 0 Å². The van der Waals surface area contributed by atoms with E-state index in [1.165, 1.54) is 24.3 Å². The molecule has 0 aliphatic carbocycles. The van der Waals surface area contributed by atoms with Gasteiger partial charge in [-0.05, 0) is 23.2 Å². The molecule has 1 aromatic rings. The van der Waals surface area contributed by atoms with Crippen LogP contribution in [-0.4, -0.2) is 6.36 Å². The van der Waals surface area contributed by atoms with E-state index in [1.54, 1.807) is 0 Å². The lowest BCUT2D eigenvalue weighted by atomic mass is 10.2. The molecule has 7 heteroatoms. The molecular weight excluding hydrogens is 211 g/mol. The fourth-order valence-corrected chi connectivity index (χ4v) is 0.954. The Morgan fingerprint density at radius 1 is 1.40 bits per heavy atom. The van der Waals surface area contributed by atoms with Crippen LogP contribution in [0.3, 0.4) is 0 Å². The zero-order chi connectivity index (χ0) is 11.3. The van der Waals surface area contributed by atoms with Crippen molar-refractivity contribution < 1.29 is 17.9 Å². The summed E-state index contributed by atoms with van der Waals surface area (Å²) in [4.78, 5) is 2.50. The molecule has 0 radical (unpaired) electrons. The second-order valence-corrected chi connectivity index (χ2v) is 2.58. The summed E-state index contributed by atoms with van der Waals surface area (Å²) in [6.07, 6.45) is -4.71. The maximum Gasteiger partial charge on any atom is 0.573 e. The lowest BCUT2D eigenvalue weighted by molar-refractivity contribution is -0.274. The van der Waals surface area contributed by atoms with Gasteiger partial charge in [-0.2, -0.15) is 0 Å². The van der Waals surface area contributed by atoms with Crippen molar-refractivity contribution in [3.05, 3.63) is 40.3 Å². The van der Waals surface area contributed by atoms with E-state index >= 15 is 0 Å². The van der Waals surface area contributed by atoms with Crippen molar-refractivity contribution in [3.8, 4) is 5.75 Å². The van der Waals surface area contributed by atoms with Gasteiger partial charge in [0, 0.05) is 4.91 Å². The van der Waals surface area contributed by atoms with E-state index in [-0.39, 0.29) is 12.3 Å². The highest BCUT2D eigenvalue weighted by Crippen LogP contribution is 2.23. The predicted octanol–water partition coefficient (Wildman–Crippen LogP) is 3.40. The van der Waals surface area contributed by atoms with Gasteiger partial charge in [0.05, 0.1) is 6.54 Å². The molecule has 0 saturated heterocycles. The molecular formula is C8H6F3N3O. The van der Waals surface area contributed by atoms with E-state index < -0.39 is 6.36 Å². The van der Waals surface area contributed by atoms with E-state index in [9.17, 15) is 13.2 Å². The fourth-order valence-electron chi connectivity index (χ4n) is 0.954. The minimum Gasteiger partial charge on any atom is -0.406 e. The quantitative estimate of drug-likeness (QED) is 0.434. The Kier molecular flexibility index (Phi) is 3.41. The molecule has 0 amide bonds. The Morgan fingerprint density at radius 3 is 2.73 bits per heavy atom. The Morgan fingerprint density at radius 2 is 2.13 bits per heavy atom. The highest BCUT2D eigenvalue weighted by molar-refractivity contribution is 5.28. The van der Waals surface area contributed by atoms with Gasteiger partial charge in [0.1, 0.15) is 5.75 Å². The highest BCUT2D eigenvalue weighted by atomic mass is 19.4. The Bertz CT molecular complexity index is 385. The normalized spacial score (nSPS) is 10.6. The standard InChI is InChI=1S/C8H6F3N3O/c9-8(10,11)15-7-3-1-2-6(4-7)5-13-14-12/h1-4H,5H2. The third kappa shape index (κ3) is 4.24. The van der Waals surface area contributed by atoms with E-state index in [0.29, 0.717) is 5.56 Å². The van der Waals surface area contributed by atoms with E-state index in [4.69, 9.17) is 5.53 Å². The second-order valence-electron chi connectivity index (χ2n) is 2.58. The molecule has 0 fully saturated rings. The van der Waals surface area contributed by atoms with Gasteiger partial charge in [-0.3, -0.25) is 0 Å². The molecule has 0 bridgehead atoms. The van der Waals surface area contributed by atoms with Crippen molar-refractivity contribution in [3.63, 3.8) is 0 Å². The van der Waals surface area contributed by atoms with E-state index in [2.05, 4.69) is 14.8 Å². The van der Waals surface area contributed by atoms with Crippen LogP contribution < -0.4 is 4.74 Å². The highest BCUT2D eigenvalue weighted by Gasteiger charge is 2.30. The number of azide groups is 1. The summed E-state index contributed by atoms with van der Waals surface area (Å²) >= 11 is 0. The minimum absolute atomic E-state index is 0.00838. The number of halogens is 3. The summed E-state index contributed by atoms with van der Waals surface area (Å²) in [5, 5.41) is 3.22. The first-order valence-corrected chi connectivity index (χ1v) is 3.87. The zero-order valence-corrected chi connectivity index (χ0v) is 7.40. The first-order chi connectivity index (χ1) is 7.01. The first kappa shape index (κ1) is 11.2. The average Bonchev–Trinajstić information content (AvgIpc) is 2.12. The van der Waals surface area contributed by atoms with Crippen molar-refractivity contribution in [1.82, 2.24) is 0 Å². The lowest BCUT2D eigenvalue weighted by Crippen LogP contribution is -2.17. The van der Waals surface area contributed by atoms with Crippen LogP contribution in [0.15, 0.2) is 29.4 Å². The van der Waals surface area contributed by atoms with Gasteiger partial charge >= 0.3 is 6.36 Å². The average molecular weight is 217 g/mol. The summed E-state index contributed by atoms with van der Waals surface area (Å²) < 4.78 is 39.2. The predicted molar refractivity (Wildman–Crippen MR) is 46.0 cm³/mol. The topological polar surface area (TPSA) is 58.0 Å². The molecule has 80 valence electrons. The number of hydrogen-bond donors (Lipinski definition) is 0. The molecule has 0 aliphatic rings. The summed E-state index contributed by atoms with van der Waals surface area (Å²) in [7, 11) is 0. The van der Waals surface area contributed by atoms with E-state index in [1.807, 2.05) is 0 Å². The molecule has 0 saturated carbocycles. The van der Waals surface area contributed by atoms with Gasteiger partial charge in [-0.25, -0.2) is 0 Å². The van der Waals surface area contributed by atoms with Crippen LogP contribution in [0.4, 0.5) is 13.2 Å². The van der Waals surface area contributed by atoms with Gasteiger partial charge in [0.25, 0.3) is 0 Å². The van der Waals surface area contributed by atoms with Crippen LogP contribution in [0.1, 0.15) is 5.56 Å². The van der Waals surface area contributed by atoms with Crippen LogP contribution in [0.25, 0.3) is 10.4 Å². The first-order valence-electron chi connectivity index (χ1n) is 3.87. The lowest BCUT2D eigenvalue weighted by Gasteiger charge is -2.09. The maximum absolute atomic E-state index is 11.8. The Labute approximate surface area is 82.9 Å². The minimum atomic E-state index is -4.71. The SMILES string of the molecule is [N-]=[N+]=NCc1cccc(OC(F)(F)F)c1. The zero-order valence-electron chi connectivity index (χ0n) is 7.40. The number of nitrogens with zero attached hydrogens (tertiary/aromatic N) is 3. The molecule has 4 nitrogen and oxygen atoms in total. The molecule has 0 unspecified atom stereocenters. The molecule has 1 aromatic carbocycles. The van der Waals surface area contributed by atoms with Crippen LogP contribution >= 0.6 is 0 Å². The van der Waals surface area contributed by atoms with Crippen molar-refractivity contribution in [2.45, 2.75) is 12.9 Å².